The van der Waals surface area contributed by atoms with E-state index in [9.17, 15) is 14.4 Å². The minimum absolute atomic E-state index is 0.267. The summed E-state index contributed by atoms with van der Waals surface area (Å²) in [7, 11) is 0. The van der Waals surface area contributed by atoms with Crippen LogP contribution in [0, 0.1) is 0 Å². The fraction of sp³-hybridized carbons (Fsp3) is 0.316. The molecule has 0 spiro atoms. The van der Waals surface area contributed by atoms with Crippen molar-refractivity contribution in [2.24, 2.45) is 0 Å². The fourth-order valence-corrected chi connectivity index (χ4v) is 3.54. The first kappa shape index (κ1) is 18.1. The van der Waals surface area contributed by atoms with Gasteiger partial charge in [-0.1, -0.05) is 36.4 Å². The number of carbonyl (C=O) groups excluding carboxylic acids is 3. The van der Waals surface area contributed by atoms with E-state index < -0.39 is 11.6 Å². The van der Waals surface area contributed by atoms with E-state index in [0.29, 0.717) is 19.4 Å². The summed E-state index contributed by atoms with van der Waals surface area (Å²) in [6.07, 6.45) is 1.15. The van der Waals surface area contributed by atoms with E-state index in [0.717, 1.165) is 15.3 Å². The number of urea groups is 1. The molecule has 0 aliphatic carbocycles. The van der Waals surface area contributed by atoms with Crippen LogP contribution in [0.15, 0.2) is 47.8 Å². The van der Waals surface area contributed by atoms with Crippen LogP contribution in [0.1, 0.15) is 23.8 Å². The highest BCUT2D eigenvalue weighted by Gasteiger charge is 2.47. The van der Waals surface area contributed by atoms with Crippen molar-refractivity contribution in [2.45, 2.75) is 31.8 Å². The average Bonchev–Trinajstić information content (AvgIpc) is 3.23. The maximum Gasteiger partial charge on any atom is 0.325 e. The molecule has 6 nitrogen and oxygen atoms in total. The van der Waals surface area contributed by atoms with Crippen LogP contribution in [-0.2, 0) is 22.6 Å². The molecule has 0 bridgehead atoms. The summed E-state index contributed by atoms with van der Waals surface area (Å²) >= 11 is 1.54. The molecular weight excluding hydrogens is 350 g/mol. The minimum atomic E-state index is -0.985. The molecule has 2 N–H and O–H groups in total. The van der Waals surface area contributed by atoms with E-state index in [1.165, 1.54) is 11.3 Å². The number of nitrogens with one attached hydrogen (secondary N) is 2. The van der Waals surface area contributed by atoms with Gasteiger partial charge >= 0.3 is 6.03 Å². The number of aryl methyl sites for hydroxylation is 1. The number of carbonyl (C=O) groups is 3. The van der Waals surface area contributed by atoms with Crippen LogP contribution in [0.25, 0.3) is 0 Å². The van der Waals surface area contributed by atoms with Crippen LogP contribution in [0.4, 0.5) is 4.79 Å². The Hall–Kier alpha value is -2.67. The molecule has 1 aromatic carbocycles. The lowest BCUT2D eigenvalue weighted by Crippen LogP contribution is -2.45. The van der Waals surface area contributed by atoms with Gasteiger partial charge in [0.05, 0.1) is 6.54 Å². The lowest BCUT2D eigenvalue weighted by molar-refractivity contribution is -0.134. The third-order valence-corrected chi connectivity index (χ3v) is 5.32. The molecule has 0 saturated carbocycles. The zero-order chi connectivity index (χ0) is 18.6. The number of hydrogen-bond acceptors (Lipinski definition) is 4. The van der Waals surface area contributed by atoms with Gasteiger partial charge in [0.2, 0.25) is 5.91 Å². The van der Waals surface area contributed by atoms with Crippen molar-refractivity contribution in [3.63, 3.8) is 0 Å². The van der Waals surface area contributed by atoms with E-state index in [2.05, 4.69) is 10.6 Å². The Kier molecular flexibility index (Phi) is 5.37. The van der Waals surface area contributed by atoms with Crippen molar-refractivity contribution in [3.8, 4) is 0 Å². The number of thiophene rings is 1. The summed E-state index contributed by atoms with van der Waals surface area (Å²) in [5.74, 6) is -0.709. The van der Waals surface area contributed by atoms with E-state index in [1.807, 2.05) is 47.8 Å². The number of amides is 4. The third-order valence-electron chi connectivity index (χ3n) is 4.44. The predicted molar refractivity (Wildman–Crippen MR) is 99.6 cm³/mol. The Morgan fingerprint density at radius 1 is 1.19 bits per heavy atom. The van der Waals surface area contributed by atoms with Crippen molar-refractivity contribution in [1.82, 2.24) is 15.5 Å². The zero-order valence-corrected chi connectivity index (χ0v) is 15.3. The van der Waals surface area contributed by atoms with Gasteiger partial charge in [-0.05, 0) is 36.8 Å². The topological polar surface area (TPSA) is 78.5 Å². The van der Waals surface area contributed by atoms with Gasteiger partial charge in [-0.15, -0.1) is 11.3 Å². The number of benzene rings is 1. The van der Waals surface area contributed by atoms with Crippen LogP contribution in [0.5, 0.6) is 0 Å². The molecule has 2 aromatic rings. The summed E-state index contributed by atoms with van der Waals surface area (Å²) in [4.78, 5) is 39.0. The summed E-state index contributed by atoms with van der Waals surface area (Å²) in [5.41, 5.74) is 0.115. The minimum Gasteiger partial charge on any atom is -0.350 e. The van der Waals surface area contributed by atoms with Crippen LogP contribution in [0.3, 0.4) is 0 Å². The van der Waals surface area contributed by atoms with Crippen molar-refractivity contribution in [1.29, 1.82) is 0 Å². The Balaban J connectivity index is 1.56. The highest BCUT2D eigenvalue weighted by atomic mass is 32.1. The highest BCUT2D eigenvalue weighted by Crippen LogP contribution is 2.23. The Bertz CT molecular complexity index is 792. The lowest BCUT2D eigenvalue weighted by Gasteiger charge is -2.21. The third kappa shape index (κ3) is 4.11. The van der Waals surface area contributed by atoms with Gasteiger partial charge < -0.3 is 10.6 Å². The first-order chi connectivity index (χ1) is 12.5. The second-order valence-electron chi connectivity index (χ2n) is 6.50. The molecule has 1 aliphatic rings. The van der Waals surface area contributed by atoms with E-state index in [4.69, 9.17) is 0 Å². The number of nitrogens with zero attached hydrogens (tertiary/aromatic N) is 1. The number of hydrogen-bond donors (Lipinski definition) is 2. The molecule has 26 heavy (non-hydrogen) atoms. The van der Waals surface area contributed by atoms with Gasteiger partial charge in [0.15, 0.2) is 0 Å². The van der Waals surface area contributed by atoms with Gasteiger partial charge in [-0.2, -0.15) is 0 Å². The highest BCUT2D eigenvalue weighted by molar-refractivity contribution is 7.09. The normalized spacial score (nSPS) is 19.5. The van der Waals surface area contributed by atoms with E-state index >= 15 is 0 Å². The number of rotatable bonds is 7. The van der Waals surface area contributed by atoms with Crippen molar-refractivity contribution in [3.05, 3.63) is 58.3 Å². The molecule has 0 unspecified atom stereocenters. The molecule has 1 aliphatic heterocycles. The maximum atomic E-state index is 12.7. The second-order valence-corrected chi connectivity index (χ2v) is 7.53. The SMILES string of the molecule is C[C@@]1(CCc2ccccc2)NC(=O)N(CC(=O)NCc2cccs2)C1=O. The quantitative estimate of drug-likeness (QED) is 0.733. The Morgan fingerprint density at radius 3 is 2.65 bits per heavy atom. The molecule has 7 heteroatoms. The standard InChI is InChI=1S/C19H21N3O3S/c1-19(10-9-14-6-3-2-4-7-14)17(24)22(18(25)21-19)13-16(23)20-12-15-8-5-11-26-15/h2-8,11H,9-10,12-13H2,1H3,(H,20,23)(H,21,25)/t19-/m0/s1. The molecule has 4 amide bonds. The zero-order valence-electron chi connectivity index (χ0n) is 14.5. The fourth-order valence-electron chi connectivity index (χ4n) is 2.90. The second kappa shape index (κ2) is 7.70. The summed E-state index contributed by atoms with van der Waals surface area (Å²) in [6.45, 7) is 1.84. The molecular formula is C19H21N3O3S. The number of imide groups is 1. The predicted octanol–water partition coefficient (Wildman–Crippen LogP) is 2.31. The van der Waals surface area contributed by atoms with Gasteiger partial charge in [0, 0.05) is 4.88 Å². The first-order valence-electron chi connectivity index (χ1n) is 8.45. The lowest BCUT2D eigenvalue weighted by atomic mass is 9.93. The monoisotopic (exact) mass is 371 g/mol. The molecule has 3 rings (SSSR count). The molecule has 2 heterocycles. The van der Waals surface area contributed by atoms with Crippen LogP contribution < -0.4 is 10.6 Å². The van der Waals surface area contributed by atoms with Crippen LogP contribution in [-0.4, -0.2) is 34.8 Å². The Labute approximate surface area is 156 Å². The van der Waals surface area contributed by atoms with Crippen LogP contribution in [0.2, 0.25) is 0 Å². The van der Waals surface area contributed by atoms with Gasteiger partial charge in [-0.3, -0.25) is 14.5 Å². The Morgan fingerprint density at radius 2 is 1.96 bits per heavy atom. The maximum absolute atomic E-state index is 12.7. The van der Waals surface area contributed by atoms with Gasteiger partial charge in [0.1, 0.15) is 12.1 Å². The van der Waals surface area contributed by atoms with E-state index in [-0.39, 0.29) is 18.4 Å². The largest absolute Gasteiger partial charge is 0.350 e. The van der Waals surface area contributed by atoms with Gasteiger partial charge in [-0.25, -0.2) is 4.79 Å². The van der Waals surface area contributed by atoms with E-state index in [1.54, 1.807) is 6.92 Å². The smallest absolute Gasteiger partial charge is 0.325 e. The molecule has 136 valence electrons. The first-order valence-corrected chi connectivity index (χ1v) is 9.33. The summed E-state index contributed by atoms with van der Waals surface area (Å²) in [5, 5.41) is 7.40. The molecule has 0 radical (unpaired) electrons. The van der Waals surface area contributed by atoms with Crippen molar-refractivity contribution in [2.75, 3.05) is 6.54 Å². The van der Waals surface area contributed by atoms with Crippen molar-refractivity contribution < 1.29 is 14.4 Å². The average molecular weight is 371 g/mol. The molecule has 1 atom stereocenters. The summed E-state index contributed by atoms with van der Waals surface area (Å²) < 4.78 is 0. The van der Waals surface area contributed by atoms with Crippen molar-refractivity contribution >= 4 is 29.2 Å². The molecule has 1 saturated heterocycles. The van der Waals surface area contributed by atoms with Gasteiger partial charge in [0.25, 0.3) is 5.91 Å². The molecule has 1 aromatic heterocycles. The summed E-state index contributed by atoms with van der Waals surface area (Å²) in [6, 6.07) is 13.1. The van der Waals surface area contributed by atoms with Crippen LogP contribution >= 0.6 is 11.3 Å². The molecule has 1 fully saturated rings.